The third-order valence-electron chi connectivity index (χ3n) is 6.21. The summed E-state index contributed by atoms with van der Waals surface area (Å²) >= 11 is 0. The number of rotatable bonds is 4. The minimum atomic E-state index is -3.74. The van der Waals surface area contributed by atoms with Crippen molar-refractivity contribution >= 4 is 21.7 Å². The maximum absolute atomic E-state index is 12.7. The van der Waals surface area contributed by atoms with Crippen LogP contribution in [0.1, 0.15) is 47.9 Å². The molecule has 1 aromatic carbocycles. The molecule has 0 saturated carbocycles. The summed E-state index contributed by atoms with van der Waals surface area (Å²) < 4.78 is 27.6. The van der Waals surface area contributed by atoms with Gasteiger partial charge in [-0.15, -0.1) is 0 Å². The van der Waals surface area contributed by atoms with Crippen LogP contribution in [-0.2, 0) is 35.7 Å². The number of carbonyl (C=O) groups excluding carboxylic acids is 1. The van der Waals surface area contributed by atoms with E-state index in [2.05, 4.69) is 22.2 Å². The van der Waals surface area contributed by atoms with Gasteiger partial charge in [0.1, 0.15) is 0 Å². The summed E-state index contributed by atoms with van der Waals surface area (Å²) in [5, 5.41) is 11.0. The molecule has 2 amide bonds. The molecular weight excluding hydrogens is 376 g/mol. The van der Waals surface area contributed by atoms with Gasteiger partial charge in [-0.25, -0.2) is 17.9 Å². The number of piperidine rings is 1. The Bertz CT molecular complexity index is 895. The molecule has 4 rings (SSSR count). The van der Waals surface area contributed by atoms with Crippen molar-refractivity contribution in [3.63, 3.8) is 0 Å². The van der Waals surface area contributed by atoms with Gasteiger partial charge < -0.3 is 5.32 Å². The summed E-state index contributed by atoms with van der Waals surface area (Å²) in [5.74, 6) is 0. The maximum Gasteiger partial charge on any atom is 0.332 e. The summed E-state index contributed by atoms with van der Waals surface area (Å²) in [4.78, 5) is 14.5. The lowest BCUT2D eigenvalue weighted by Crippen LogP contribution is -2.46. The van der Waals surface area contributed by atoms with Gasteiger partial charge in [0.2, 0.25) is 10.0 Å². The van der Waals surface area contributed by atoms with E-state index >= 15 is 0 Å². The molecule has 2 aliphatic carbocycles. The fourth-order valence-corrected chi connectivity index (χ4v) is 6.10. The summed E-state index contributed by atoms with van der Waals surface area (Å²) in [6, 6.07) is 3.71. The molecule has 1 fully saturated rings. The van der Waals surface area contributed by atoms with E-state index in [9.17, 15) is 13.2 Å². The summed E-state index contributed by atoms with van der Waals surface area (Å²) in [6.07, 6.45) is 6.94. The predicted octanol–water partition coefficient (Wildman–Crippen LogP) is 2.10. The molecule has 28 heavy (non-hydrogen) atoms. The number of hydrogen-bond donors (Lipinski definition) is 2. The lowest BCUT2D eigenvalue weighted by atomic mass is 9.99. The standard InChI is InChI=1S/C20H26N4O3S/c21-9-12-24-10-7-16(8-11-24)28(26,27)23-20(25)22-19-17-5-1-3-14(17)13-15-4-2-6-18(15)19/h13,16H,1-8,10-12H2,(H2,22,23,25). The average Bonchev–Trinajstić information content (AvgIpc) is 3.31. The number of nitrogens with one attached hydrogen (secondary N) is 2. The Morgan fingerprint density at radius 3 is 2.29 bits per heavy atom. The van der Waals surface area contributed by atoms with Gasteiger partial charge in [-0.1, -0.05) is 6.07 Å². The van der Waals surface area contributed by atoms with Gasteiger partial charge in [0.15, 0.2) is 0 Å². The molecule has 1 saturated heterocycles. The zero-order valence-corrected chi connectivity index (χ0v) is 16.8. The molecule has 0 radical (unpaired) electrons. The number of fused-ring (bicyclic) bond motifs is 2. The van der Waals surface area contributed by atoms with Crippen molar-refractivity contribution in [1.82, 2.24) is 9.62 Å². The molecule has 0 bridgehead atoms. The molecule has 0 atom stereocenters. The second-order valence-corrected chi connectivity index (χ2v) is 9.93. The summed E-state index contributed by atoms with van der Waals surface area (Å²) in [7, 11) is -3.74. The molecule has 0 unspecified atom stereocenters. The third kappa shape index (κ3) is 3.74. The third-order valence-corrected chi connectivity index (χ3v) is 8.03. The van der Waals surface area contributed by atoms with Crippen molar-refractivity contribution in [1.29, 1.82) is 5.26 Å². The summed E-state index contributed by atoms with van der Waals surface area (Å²) in [5.41, 5.74) is 5.79. The first kappa shape index (κ1) is 19.2. The number of amides is 2. The topological polar surface area (TPSA) is 102 Å². The Morgan fingerprint density at radius 2 is 1.71 bits per heavy atom. The van der Waals surface area contributed by atoms with Gasteiger partial charge in [0.25, 0.3) is 0 Å². The van der Waals surface area contributed by atoms with Gasteiger partial charge in [0.05, 0.1) is 17.9 Å². The Balaban J connectivity index is 1.45. The number of urea groups is 1. The van der Waals surface area contributed by atoms with Crippen LogP contribution >= 0.6 is 0 Å². The Labute approximate surface area is 166 Å². The SMILES string of the molecule is N#CCN1CCC(S(=O)(=O)NC(=O)Nc2c3c(cc4c2CCC4)CCC3)CC1. The Hall–Kier alpha value is -2.11. The maximum atomic E-state index is 12.7. The monoisotopic (exact) mass is 402 g/mol. The Morgan fingerprint density at radius 1 is 1.11 bits per heavy atom. The lowest BCUT2D eigenvalue weighted by Gasteiger charge is -2.29. The number of likely N-dealkylation sites (tertiary alicyclic amines) is 1. The molecule has 7 nitrogen and oxygen atoms in total. The molecule has 3 aliphatic rings. The lowest BCUT2D eigenvalue weighted by molar-refractivity contribution is 0.251. The zero-order valence-electron chi connectivity index (χ0n) is 16.0. The molecule has 2 N–H and O–H groups in total. The van der Waals surface area contributed by atoms with E-state index in [4.69, 9.17) is 5.26 Å². The first-order chi connectivity index (χ1) is 13.5. The van der Waals surface area contributed by atoms with Crippen LogP contribution in [0.4, 0.5) is 10.5 Å². The van der Waals surface area contributed by atoms with Crippen LogP contribution in [0.5, 0.6) is 0 Å². The number of anilines is 1. The largest absolute Gasteiger partial charge is 0.332 e. The van der Waals surface area contributed by atoms with E-state index in [1.165, 1.54) is 22.3 Å². The van der Waals surface area contributed by atoms with Crippen molar-refractivity contribution in [3.05, 3.63) is 28.3 Å². The number of hydrogen-bond acceptors (Lipinski definition) is 5. The number of aryl methyl sites for hydroxylation is 2. The first-order valence-electron chi connectivity index (χ1n) is 10.1. The van der Waals surface area contributed by atoms with Crippen molar-refractivity contribution in [2.75, 3.05) is 25.0 Å². The van der Waals surface area contributed by atoms with E-state index in [1.54, 1.807) is 0 Å². The highest BCUT2D eigenvalue weighted by Gasteiger charge is 2.32. The highest BCUT2D eigenvalue weighted by atomic mass is 32.2. The second-order valence-electron chi connectivity index (χ2n) is 7.97. The van der Waals surface area contributed by atoms with Crippen molar-refractivity contribution < 1.29 is 13.2 Å². The van der Waals surface area contributed by atoms with Gasteiger partial charge >= 0.3 is 6.03 Å². The van der Waals surface area contributed by atoms with Crippen LogP contribution in [0.15, 0.2) is 6.07 Å². The minimum Gasteiger partial charge on any atom is -0.307 e. The Kier molecular flexibility index (Phi) is 5.30. The molecule has 1 heterocycles. The molecule has 8 heteroatoms. The zero-order chi connectivity index (χ0) is 19.7. The van der Waals surface area contributed by atoms with Crippen LogP contribution in [0.2, 0.25) is 0 Å². The van der Waals surface area contributed by atoms with Crippen molar-refractivity contribution in [2.45, 2.75) is 56.6 Å². The predicted molar refractivity (Wildman–Crippen MR) is 107 cm³/mol. The smallest absolute Gasteiger partial charge is 0.307 e. The molecule has 150 valence electrons. The fourth-order valence-electron chi connectivity index (χ4n) is 4.80. The van der Waals surface area contributed by atoms with E-state index in [-0.39, 0.29) is 0 Å². The molecule has 0 spiro atoms. The van der Waals surface area contributed by atoms with Crippen LogP contribution < -0.4 is 10.0 Å². The van der Waals surface area contributed by atoms with Gasteiger partial charge in [-0.3, -0.25) is 4.90 Å². The second kappa shape index (κ2) is 7.72. The fraction of sp³-hybridized carbons (Fsp3) is 0.600. The van der Waals surface area contributed by atoms with E-state index in [0.29, 0.717) is 32.5 Å². The number of nitriles is 1. The van der Waals surface area contributed by atoms with Crippen molar-refractivity contribution in [2.24, 2.45) is 0 Å². The highest BCUT2D eigenvalue weighted by molar-refractivity contribution is 7.90. The van der Waals surface area contributed by atoms with Gasteiger partial charge in [-0.05, 0) is 73.6 Å². The summed E-state index contributed by atoms with van der Waals surface area (Å²) in [6.45, 7) is 1.42. The normalized spacial score (nSPS) is 19.7. The van der Waals surface area contributed by atoms with Crippen LogP contribution in [-0.4, -0.2) is 44.2 Å². The van der Waals surface area contributed by atoms with E-state index in [0.717, 1.165) is 44.2 Å². The number of benzene rings is 1. The molecular formula is C20H26N4O3S. The van der Waals surface area contributed by atoms with E-state index < -0.39 is 21.3 Å². The average molecular weight is 403 g/mol. The molecule has 0 aromatic heterocycles. The van der Waals surface area contributed by atoms with Gasteiger partial charge in [-0.2, -0.15) is 5.26 Å². The highest BCUT2D eigenvalue weighted by Crippen LogP contribution is 2.38. The number of nitrogens with zero attached hydrogens (tertiary/aromatic N) is 2. The quantitative estimate of drug-likeness (QED) is 0.751. The molecule has 1 aliphatic heterocycles. The van der Waals surface area contributed by atoms with Crippen LogP contribution in [0.3, 0.4) is 0 Å². The molecule has 1 aromatic rings. The van der Waals surface area contributed by atoms with Crippen LogP contribution in [0, 0.1) is 11.3 Å². The number of carbonyl (C=O) groups is 1. The van der Waals surface area contributed by atoms with E-state index in [1.807, 2.05) is 4.90 Å². The first-order valence-corrected chi connectivity index (χ1v) is 11.6. The minimum absolute atomic E-state index is 0.310. The van der Waals surface area contributed by atoms with Crippen molar-refractivity contribution in [3.8, 4) is 6.07 Å². The van der Waals surface area contributed by atoms with Crippen LogP contribution in [0.25, 0.3) is 0 Å². The number of sulfonamides is 1. The van der Waals surface area contributed by atoms with Gasteiger partial charge in [0, 0.05) is 18.8 Å².